The number of carboxylic acid groups (broad SMARTS) is 1. The summed E-state index contributed by atoms with van der Waals surface area (Å²) in [6, 6.07) is 6.91. The molecule has 0 saturated heterocycles. The topological polar surface area (TPSA) is 88.3 Å². The Morgan fingerprint density at radius 3 is 2.70 bits per heavy atom. The highest BCUT2D eigenvalue weighted by Gasteiger charge is 2.32. The summed E-state index contributed by atoms with van der Waals surface area (Å²) in [7, 11) is 1.62. The molecule has 20 heavy (non-hydrogen) atoms. The number of hydrogen-bond acceptors (Lipinski definition) is 5. The summed E-state index contributed by atoms with van der Waals surface area (Å²) in [4.78, 5) is 25.0. The van der Waals surface area contributed by atoms with Gasteiger partial charge in [0.05, 0.1) is 12.1 Å². The number of carbonyl (C=O) groups is 1. The van der Waals surface area contributed by atoms with E-state index in [9.17, 15) is 9.59 Å². The minimum Gasteiger partial charge on any atom is -0.480 e. The summed E-state index contributed by atoms with van der Waals surface area (Å²) in [5.74, 6) is -0.971. The molecule has 0 fully saturated rings. The van der Waals surface area contributed by atoms with E-state index in [4.69, 9.17) is 5.11 Å². The van der Waals surface area contributed by atoms with Crippen molar-refractivity contribution in [3.63, 3.8) is 0 Å². The Morgan fingerprint density at radius 1 is 1.40 bits per heavy atom. The average molecular weight is 276 g/mol. The second kappa shape index (κ2) is 5.01. The number of likely N-dealkylation sites (N-methyl/N-ethyl adjacent to an activating group) is 1. The number of aliphatic carboxylic acids is 1. The molecule has 7 heteroatoms. The van der Waals surface area contributed by atoms with Gasteiger partial charge in [-0.2, -0.15) is 4.68 Å². The van der Waals surface area contributed by atoms with E-state index < -0.39 is 11.5 Å². The van der Waals surface area contributed by atoms with Crippen LogP contribution in [-0.2, 0) is 11.5 Å². The van der Waals surface area contributed by atoms with Gasteiger partial charge in [-0.25, -0.2) is 0 Å². The Bertz CT molecular complexity index is 708. The summed E-state index contributed by atoms with van der Waals surface area (Å²) in [6.45, 7) is 3.18. The van der Waals surface area contributed by atoms with E-state index in [-0.39, 0.29) is 12.2 Å². The first kappa shape index (κ1) is 14.1. The molecule has 0 bridgehead atoms. The van der Waals surface area contributed by atoms with E-state index in [0.717, 1.165) is 4.68 Å². The van der Waals surface area contributed by atoms with Gasteiger partial charge in [0.25, 0.3) is 5.56 Å². The summed E-state index contributed by atoms with van der Waals surface area (Å²) in [6.07, 6.45) is 0. The first-order valence-electron chi connectivity index (χ1n) is 6.11. The lowest BCUT2D eigenvalue weighted by Gasteiger charge is -2.30. The molecule has 2 aromatic rings. The second-order valence-electron chi connectivity index (χ2n) is 5.11. The highest BCUT2D eigenvalue weighted by atomic mass is 16.4. The number of hydrogen-bond donors (Lipinski definition) is 1. The van der Waals surface area contributed by atoms with Crippen molar-refractivity contribution >= 4 is 16.9 Å². The normalized spacial score (nSPS) is 12.0. The lowest BCUT2D eigenvalue weighted by molar-refractivity contribution is -0.149. The van der Waals surface area contributed by atoms with Crippen LogP contribution in [-0.4, -0.2) is 43.6 Å². The van der Waals surface area contributed by atoms with Gasteiger partial charge in [0.2, 0.25) is 0 Å². The van der Waals surface area contributed by atoms with Gasteiger partial charge in [-0.3, -0.25) is 14.5 Å². The standard InChI is InChI=1S/C13H16N4O3/c1-13(2,12(19)20)16(3)8-17-11(18)9-6-4-5-7-10(9)14-15-17/h4-7H,8H2,1-3H3,(H,19,20). The smallest absolute Gasteiger partial charge is 0.323 e. The molecule has 106 valence electrons. The molecule has 0 saturated carbocycles. The van der Waals surface area contributed by atoms with Crippen LogP contribution in [0.2, 0.25) is 0 Å². The van der Waals surface area contributed by atoms with Crippen LogP contribution >= 0.6 is 0 Å². The molecule has 0 unspecified atom stereocenters. The molecule has 0 aliphatic heterocycles. The molecule has 1 N–H and O–H groups in total. The Hall–Kier alpha value is -2.28. The molecule has 0 aliphatic carbocycles. The maximum atomic E-state index is 12.2. The fourth-order valence-electron chi connectivity index (χ4n) is 1.66. The zero-order valence-corrected chi connectivity index (χ0v) is 11.6. The molecule has 7 nitrogen and oxygen atoms in total. The minimum atomic E-state index is -1.10. The number of carboxylic acids is 1. The van der Waals surface area contributed by atoms with Crippen LogP contribution in [0.25, 0.3) is 10.9 Å². The van der Waals surface area contributed by atoms with Crippen molar-refractivity contribution in [3.8, 4) is 0 Å². The van der Waals surface area contributed by atoms with Crippen LogP contribution in [0.4, 0.5) is 0 Å². The largest absolute Gasteiger partial charge is 0.480 e. The zero-order valence-electron chi connectivity index (χ0n) is 11.6. The van der Waals surface area contributed by atoms with Crippen LogP contribution in [0.5, 0.6) is 0 Å². The second-order valence-corrected chi connectivity index (χ2v) is 5.11. The molecule has 0 radical (unpaired) electrons. The SMILES string of the molecule is CN(Cn1nnc2ccccc2c1=O)C(C)(C)C(=O)O. The zero-order chi connectivity index (χ0) is 14.9. The van der Waals surface area contributed by atoms with Crippen molar-refractivity contribution < 1.29 is 9.90 Å². The van der Waals surface area contributed by atoms with Gasteiger partial charge in [-0.05, 0) is 33.0 Å². The predicted molar refractivity (Wildman–Crippen MR) is 73.3 cm³/mol. The molecular weight excluding hydrogens is 260 g/mol. The Kier molecular flexibility index (Phi) is 3.54. The summed E-state index contributed by atoms with van der Waals surface area (Å²) in [5, 5.41) is 17.4. The monoisotopic (exact) mass is 276 g/mol. The van der Waals surface area contributed by atoms with Crippen molar-refractivity contribution in [2.75, 3.05) is 7.05 Å². The van der Waals surface area contributed by atoms with E-state index >= 15 is 0 Å². The fourth-order valence-corrected chi connectivity index (χ4v) is 1.66. The van der Waals surface area contributed by atoms with E-state index in [1.807, 2.05) is 0 Å². The van der Waals surface area contributed by atoms with Crippen molar-refractivity contribution in [3.05, 3.63) is 34.6 Å². The van der Waals surface area contributed by atoms with Crippen LogP contribution in [0.15, 0.2) is 29.1 Å². The molecular formula is C13H16N4O3. The van der Waals surface area contributed by atoms with Gasteiger partial charge in [-0.15, -0.1) is 5.10 Å². The molecule has 1 aromatic carbocycles. The van der Waals surface area contributed by atoms with E-state index in [2.05, 4.69) is 10.3 Å². The van der Waals surface area contributed by atoms with E-state index in [0.29, 0.717) is 10.9 Å². The van der Waals surface area contributed by atoms with Crippen molar-refractivity contribution in [1.29, 1.82) is 0 Å². The highest BCUT2D eigenvalue weighted by Crippen LogP contribution is 2.12. The van der Waals surface area contributed by atoms with E-state index in [1.54, 1.807) is 45.2 Å². The lowest BCUT2D eigenvalue weighted by atomic mass is 10.1. The molecule has 0 spiro atoms. The van der Waals surface area contributed by atoms with Gasteiger partial charge >= 0.3 is 5.97 Å². The van der Waals surface area contributed by atoms with Gasteiger partial charge < -0.3 is 5.11 Å². The molecule has 2 rings (SSSR count). The van der Waals surface area contributed by atoms with E-state index in [1.165, 1.54) is 4.90 Å². The summed E-state index contributed by atoms with van der Waals surface area (Å²) in [5.41, 5.74) is -0.871. The van der Waals surface area contributed by atoms with Gasteiger partial charge in [0.15, 0.2) is 0 Å². The third kappa shape index (κ3) is 2.39. The maximum Gasteiger partial charge on any atom is 0.323 e. The Morgan fingerprint density at radius 2 is 2.05 bits per heavy atom. The fraction of sp³-hybridized carbons (Fsp3) is 0.385. The molecule has 0 atom stereocenters. The van der Waals surface area contributed by atoms with Crippen molar-refractivity contribution in [1.82, 2.24) is 19.9 Å². The number of benzene rings is 1. The number of aromatic nitrogens is 3. The van der Waals surface area contributed by atoms with Crippen LogP contribution < -0.4 is 5.56 Å². The molecule has 1 heterocycles. The van der Waals surface area contributed by atoms with Gasteiger partial charge in [0, 0.05) is 0 Å². The minimum absolute atomic E-state index is 0.0516. The first-order chi connectivity index (χ1) is 9.34. The first-order valence-corrected chi connectivity index (χ1v) is 6.11. The molecule has 0 aliphatic rings. The number of fused-ring (bicyclic) bond motifs is 1. The Labute approximate surface area is 115 Å². The quantitative estimate of drug-likeness (QED) is 0.877. The van der Waals surface area contributed by atoms with Crippen molar-refractivity contribution in [2.45, 2.75) is 26.1 Å². The highest BCUT2D eigenvalue weighted by molar-refractivity contribution is 5.77. The van der Waals surface area contributed by atoms with Crippen molar-refractivity contribution in [2.24, 2.45) is 0 Å². The van der Waals surface area contributed by atoms with Crippen LogP contribution in [0, 0.1) is 0 Å². The Balaban J connectivity index is 2.38. The molecule has 1 aromatic heterocycles. The van der Waals surface area contributed by atoms with Gasteiger partial charge in [-0.1, -0.05) is 17.3 Å². The van der Waals surface area contributed by atoms with Gasteiger partial charge in [0.1, 0.15) is 11.1 Å². The van der Waals surface area contributed by atoms with Crippen LogP contribution in [0.1, 0.15) is 13.8 Å². The predicted octanol–water partition coefficient (Wildman–Crippen LogP) is 0.544. The number of rotatable bonds is 4. The summed E-state index contributed by atoms with van der Waals surface area (Å²) < 4.78 is 1.16. The lowest BCUT2D eigenvalue weighted by Crippen LogP contribution is -2.49. The average Bonchev–Trinajstić information content (AvgIpc) is 2.41. The third-order valence-electron chi connectivity index (χ3n) is 3.45. The molecule has 0 amide bonds. The van der Waals surface area contributed by atoms with Crippen LogP contribution in [0.3, 0.4) is 0 Å². The third-order valence-corrected chi connectivity index (χ3v) is 3.45. The summed E-state index contributed by atoms with van der Waals surface area (Å²) >= 11 is 0. The number of nitrogens with zero attached hydrogens (tertiary/aromatic N) is 4. The maximum absolute atomic E-state index is 12.2.